The molecule has 0 aliphatic carbocycles. The quantitative estimate of drug-likeness (QED) is 0.615. The van der Waals surface area contributed by atoms with Gasteiger partial charge >= 0.3 is 5.97 Å². The average molecular weight is 336 g/mol. The fraction of sp³-hybridized carbons (Fsp3) is 0.400. The summed E-state index contributed by atoms with van der Waals surface area (Å²) in [6.07, 6.45) is 0. The van der Waals surface area contributed by atoms with Crippen LogP contribution < -0.4 is 0 Å². The van der Waals surface area contributed by atoms with Crippen molar-refractivity contribution in [1.82, 2.24) is 4.90 Å². The van der Waals surface area contributed by atoms with Crippen molar-refractivity contribution in [3.8, 4) is 6.07 Å². The average Bonchev–Trinajstić information content (AvgIpc) is 2.59. The summed E-state index contributed by atoms with van der Waals surface area (Å²) in [4.78, 5) is 13.8. The molecule has 5 nitrogen and oxygen atoms in total. The first-order valence-electron chi connectivity index (χ1n) is 6.83. The Balaban J connectivity index is 1.68. The fourth-order valence-corrected chi connectivity index (χ4v) is 2.89. The van der Waals surface area contributed by atoms with E-state index in [0.29, 0.717) is 23.1 Å². The molecule has 116 valence electrons. The van der Waals surface area contributed by atoms with Crippen molar-refractivity contribution < 1.29 is 14.3 Å². The lowest BCUT2D eigenvalue weighted by molar-refractivity contribution is -0.141. The molecule has 0 aromatic heterocycles. The highest BCUT2D eigenvalue weighted by Crippen LogP contribution is 2.12. The molecule has 0 spiro atoms. The van der Waals surface area contributed by atoms with Crippen molar-refractivity contribution in [2.45, 2.75) is 6.61 Å². The van der Waals surface area contributed by atoms with Gasteiger partial charge in [0.25, 0.3) is 0 Å². The minimum Gasteiger partial charge on any atom is -0.460 e. The van der Waals surface area contributed by atoms with Crippen LogP contribution in [0.1, 0.15) is 11.1 Å². The van der Waals surface area contributed by atoms with E-state index in [4.69, 9.17) is 27.0 Å². The SMILES string of the molecule is N#Cc1ccc(COC(=O)CSC(=S)N2CCOCC2)cc1. The molecule has 22 heavy (non-hydrogen) atoms. The fourth-order valence-electron chi connectivity index (χ4n) is 1.84. The molecule has 1 heterocycles. The third-order valence-corrected chi connectivity index (χ3v) is 4.56. The van der Waals surface area contributed by atoms with Crippen LogP contribution >= 0.6 is 24.0 Å². The van der Waals surface area contributed by atoms with E-state index in [1.54, 1.807) is 24.3 Å². The van der Waals surface area contributed by atoms with Crippen LogP contribution in [0.3, 0.4) is 0 Å². The second-order valence-electron chi connectivity index (χ2n) is 4.62. The summed E-state index contributed by atoms with van der Waals surface area (Å²) in [7, 11) is 0. The van der Waals surface area contributed by atoms with Crippen molar-refractivity contribution >= 4 is 34.3 Å². The van der Waals surface area contributed by atoms with Crippen LogP contribution in [0.5, 0.6) is 0 Å². The molecule has 2 rings (SSSR count). The van der Waals surface area contributed by atoms with E-state index in [9.17, 15) is 4.79 Å². The second kappa shape index (κ2) is 8.73. The van der Waals surface area contributed by atoms with Gasteiger partial charge in [-0.3, -0.25) is 4.79 Å². The minimum atomic E-state index is -0.301. The van der Waals surface area contributed by atoms with Gasteiger partial charge in [-0.2, -0.15) is 5.26 Å². The molecule has 0 bridgehead atoms. The molecule has 1 saturated heterocycles. The van der Waals surface area contributed by atoms with E-state index in [2.05, 4.69) is 0 Å². The molecule has 1 aliphatic rings. The maximum Gasteiger partial charge on any atom is 0.316 e. The van der Waals surface area contributed by atoms with Gasteiger partial charge in [0.05, 0.1) is 30.6 Å². The van der Waals surface area contributed by atoms with Gasteiger partial charge in [0, 0.05) is 13.1 Å². The van der Waals surface area contributed by atoms with E-state index < -0.39 is 0 Å². The van der Waals surface area contributed by atoms with Crippen molar-refractivity contribution in [3.05, 3.63) is 35.4 Å². The van der Waals surface area contributed by atoms with Crippen molar-refractivity contribution in [3.63, 3.8) is 0 Å². The first-order chi connectivity index (χ1) is 10.7. The first kappa shape index (κ1) is 16.7. The molecule has 0 atom stereocenters. The Morgan fingerprint density at radius 1 is 1.36 bits per heavy atom. The number of carbonyl (C=O) groups excluding carboxylic acids is 1. The molecule has 7 heteroatoms. The second-order valence-corrected chi connectivity index (χ2v) is 6.23. The predicted octanol–water partition coefficient (Wildman–Crippen LogP) is 1.95. The number of carbonyl (C=O) groups is 1. The van der Waals surface area contributed by atoms with Crippen molar-refractivity contribution in [1.29, 1.82) is 5.26 Å². The summed E-state index contributed by atoms with van der Waals surface area (Å²) < 4.78 is 11.2. The lowest BCUT2D eigenvalue weighted by atomic mass is 10.2. The minimum absolute atomic E-state index is 0.201. The van der Waals surface area contributed by atoms with Crippen LogP contribution in [0.25, 0.3) is 0 Å². The zero-order valence-electron chi connectivity index (χ0n) is 12.0. The molecule has 0 unspecified atom stereocenters. The van der Waals surface area contributed by atoms with E-state index in [1.165, 1.54) is 11.8 Å². The number of nitrogens with zero attached hydrogens (tertiary/aromatic N) is 2. The number of hydrogen-bond donors (Lipinski definition) is 0. The van der Waals surface area contributed by atoms with Gasteiger partial charge in [-0.05, 0) is 17.7 Å². The van der Waals surface area contributed by atoms with Crippen LogP contribution in [-0.2, 0) is 20.9 Å². The van der Waals surface area contributed by atoms with E-state index in [0.717, 1.165) is 18.7 Å². The van der Waals surface area contributed by atoms with E-state index >= 15 is 0 Å². The maximum absolute atomic E-state index is 11.7. The van der Waals surface area contributed by atoms with E-state index in [1.807, 2.05) is 11.0 Å². The molecule has 1 fully saturated rings. The lowest BCUT2D eigenvalue weighted by Crippen LogP contribution is -2.38. The summed E-state index contributed by atoms with van der Waals surface area (Å²) in [5.74, 6) is -0.100. The standard InChI is InChI=1S/C15H16N2O3S2/c16-9-12-1-3-13(4-2-12)10-20-14(18)11-22-15(21)17-5-7-19-8-6-17/h1-4H,5-8,10-11H2. The number of nitriles is 1. The zero-order chi connectivity index (χ0) is 15.8. The Labute approximate surface area is 139 Å². The Kier molecular flexibility index (Phi) is 6.65. The number of rotatable bonds is 4. The van der Waals surface area contributed by atoms with Gasteiger partial charge in [-0.15, -0.1) is 0 Å². The van der Waals surface area contributed by atoms with Gasteiger partial charge < -0.3 is 14.4 Å². The Morgan fingerprint density at radius 3 is 2.68 bits per heavy atom. The summed E-state index contributed by atoms with van der Waals surface area (Å²) >= 11 is 6.61. The van der Waals surface area contributed by atoms with Gasteiger partial charge in [0.2, 0.25) is 0 Å². The predicted molar refractivity (Wildman–Crippen MR) is 88.4 cm³/mol. The largest absolute Gasteiger partial charge is 0.460 e. The summed E-state index contributed by atoms with van der Waals surface area (Å²) in [5, 5.41) is 8.71. The highest BCUT2D eigenvalue weighted by Gasteiger charge is 2.15. The monoisotopic (exact) mass is 336 g/mol. The smallest absolute Gasteiger partial charge is 0.316 e. The highest BCUT2D eigenvalue weighted by molar-refractivity contribution is 8.23. The molecule has 0 radical (unpaired) electrons. The van der Waals surface area contributed by atoms with Crippen LogP contribution in [0.15, 0.2) is 24.3 Å². The van der Waals surface area contributed by atoms with Gasteiger partial charge in [0.1, 0.15) is 10.9 Å². The lowest BCUT2D eigenvalue weighted by Gasteiger charge is -2.28. The Hall–Kier alpha value is -1.62. The van der Waals surface area contributed by atoms with Gasteiger partial charge in [-0.25, -0.2) is 0 Å². The summed E-state index contributed by atoms with van der Waals surface area (Å²) in [5.41, 5.74) is 1.44. The number of esters is 1. The normalized spacial score (nSPS) is 14.2. The Bertz CT molecular complexity index is 563. The molecule has 1 aromatic carbocycles. The van der Waals surface area contributed by atoms with Crippen LogP contribution in [-0.4, -0.2) is 47.2 Å². The van der Waals surface area contributed by atoms with Gasteiger partial charge in [-0.1, -0.05) is 36.1 Å². The number of ether oxygens (including phenoxy) is 2. The van der Waals surface area contributed by atoms with Crippen LogP contribution in [0.2, 0.25) is 0 Å². The van der Waals surface area contributed by atoms with Crippen LogP contribution in [0, 0.1) is 11.3 Å². The number of thioether (sulfide) groups is 1. The number of thiocarbonyl (C=S) groups is 1. The van der Waals surface area contributed by atoms with Crippen LogP contribution in [0.4, 0.5) is 0 Å². The summed E-state index contributed by atoms with van der Waals surface area (Å²) in [6, 6.07) is 8.99. The number of morpholine rings is 1. The first-order valence-corrected chi connectivity index (χ1v) is 8.22. The van der Waals surface area contributed by atoms with Crippen molar-refractivity contribution in [2.24, 2.45) is 0 Å². The maximum atomic E-state index is 11.7. The molecular weight excluding hydrogens is 320 g/mol. The van der Waals surface area contributed by atoms with Gasteiger partial charge in [0.15, 0.2) is 0 Å². The van der Waals surface area contributed by atoms with E-state index in [-0.39, 0.29) is 18.3 Å². The number of benzene rings is 1. The number of hydrogen-bond acceptors (Lipinski definition) is 6. The third kappa shape index (κ3) is 5.30. The molecule has 0 amide bonds. The highest BCUT2D eigenvalue weighted by atomic mass is 32.2. The molecule has 0 saturated carbocycles. The summed E-state index contributed by atoms with van der Waals surface area (Å²) in [6.45, 7) is 3.08. The zero-order valence-corrected chi connectivity index (χ0v) is 13.6. The molecule has 1 aromatic rings. The Morgan fingerprint density at radius 2 is 2.05 bits per heavy atom. The molecular formula is C15H16N2O3S2. The topological polar surface area (TPSA) is 62.6 Å². The third-order valence-electron chi connectivity index (χ3n) is 3.07. The van der Waals surface area contributed by atoms with Crippen molar-refractivity contribution in [2.75, 3.05) is 32.1 Å². The molecule has 1 aliphatic heterocycles. The molecule has 0 N–H and O–H groups in total.